The Balaban J connectivity index is 2.10. The maximum atomic E-state index is 12.2. The summed E-state index contributed by atoms with van der Waals surface area (Å²) < 4.78 is 27.4. The molecule has 1 rings (SSSR count). The van der Waals surface area contributed by atoms with Crippen LogP contribution in [-0.4, -0.2) is 25.5 Å². The number of rotatable bonds is 17. The van der Waals surface area contributed by atoms with Crippen LogP contribution in [0.4, 0.5) is 0 Å². The third-order valence-electron chi connectivity index (χ3n) is 4.97. The lowest BCUT2D eigenvalue weighted by molar-refractivity contribution is -0.119. The van der Waals surface area contributed by atoms with Crippen molar-refractivity contribution in [3.63, 3.8) is 0 Å². The Kier molecular flexibility index (Phi) is 16.1. The summed E-state index contributed by atoms with van der Waals surface area (Å²) in [5.74, 6) is -0.490. The number of carbonyl (C=O) groups excluding carboxylic acids is 1. The van der Waals surface area contributed by atoms with E-state index in [0.29, 0.717) is 12.8 Å². The second-order valence-corrected chi connectivity index (χ2v) is 10.9. The molecule has 184 valence electrons. The van der Waals surface area contributed by atoms with E-state index in [1.165, 1.54) is 31.4 Å². The van der Waals surface area contributed by atoms with Crippen molar-refractivity contribution in [3.8, 4) is 0 Å². The molecule has 0 radical (unpaired) electrons. The number of amides is 1. The molecule has 0 saturated heterocycles. The van der Waals surface area contributed by atoms with Crippen LogP contribution in [0, 0.1) is 3.57 Å². The van der Waals surface area contributed by atoms with Gasteiger partial charge in [-0.1, -0.05) is 56.2 Å². The van der Waals surface area contributed by atoms with E-state index in [-0.39, 0.29) is 17.4 Å². The standard InChI is InChI=1S/C26H38INO4S/c1-2-3-4-5-10-13-16-24(29)17-14-11-8-6-7-9-12-15-18-26(30)28-33(31,32)25-21-19-23(27)20-22-25/h7-11,13,19-22,24,29H,2-6,12,14-18H2,1H3,(H,28,30)/b9-7-,11-8-,13-10-/t24-/m1/s1. The molecule has 0 bridgehead atoms. The fraction of sp³-hybridized carbons (Fsp3) is 0.500. The van der Waals surface area contributed by atoms with E-state index >= 15 is 0 Å². The highest BCUT2D eigenvalue weighted by Gasteiger charge is 2.16. The van der Waals surface area contributed by atoms with Gasteiger partial charge in [-0.15, -0.1) is 0 Å². The van der Waals surface area contributed by atoms with Crippen molar-refractivity contribution in [2.75, 3.05) is 0 Å². The molecule has 0 aliphatic carbocycles. The number of nitrogens with one attached hydrogen (secondary N) is 1. The molecule has 0 unspecified atom stereocenters. The van der Waals surface area contributed by atoms with Gasteiger partial charge in [0.1, 0.15) is 0 Å². The Labute approximate surface area is 213 Å². The van der Waals surface area contributed by atoms with E-state index < -0.39 is 15.9 Å². The Morgan fingerprint density at radius 1 is 0.970 bits per heavy atom. The van der Waals surface area contributed by atoms with Crippen LogP contribution in [0.5, 0.6) is 0 Å². The molecule has 1 amide bonds. The molecule has 33 heavy (non-hydrogen) atoms. The Hall–Kier alpha value is -1.45. The number of sulfonamides is 1. The molecule has 2 N–H and O–H groups in total. The molecule has 1 aromatic carbocycles. The summed E-state index contributed by atoms with van der Waals surface area (Å²) >= 11 is 2.09. The predicted octanol–water partition coefficient (Wildman–Crippen LogP) is 6.44. The Morgan fingerprint density at radius 2 is 1.61 bits per heavy atom. The molecule has 0 aliphatic heterocycles. The minimum atomic E-state index is -3.80. The normalized spacial score (nSPS) is 13.3. The summed E-state index contributed by atoms with van der Waals surface area (Å²) in [7, 11) is -3.80. The van der Waals surface area contributed by atoms with Crippen LogP contribution in [-0.2, 0) is 14.8 Å². The number of hydrogen-bond acceptors (Lipinski definition) is 4. The van der Waals surface area contributed by atoms with Gasteiger partial charge in [-0.3, -0.25) is 4.79 Å². The minimum absolute atomic E-state index is 0.0920. The molecule has 0 saturated carbocycles. The van der Waals surface area contributed by atoms with Crippen molar-refractivity contribution in [1.82, 2.24) is 4.72 Å². The van der Waals surface area contributed by atoms with Gasteiger partial charge in [-0.25, -0.2) is 13.1 Å². The third kappa shape index (κ3) is 15.1. The third-order valence-corrected chi connectivity index (χ3v) is 7.08. The van der Waals surface area contributed by atoms with Crippen molar-refractivity contribution in [2.45, 2.75) is 88.6 Å². The minimum Gasteiger partial charge on any atom is -0.393 e. The number of allylic oxidation sites excluding steroid dienone is 5. The lowest BCUT2D eigenvalue weighted by Crippen LogP contribution is -2.30. The molecule has 0 heterocycles. The highest BCUT2D eigenvalue weighted by molar-refractivity contribution is 14.1. The molecular weight excluding hydrogens is 549 g/mol. The van der Waals surface area contributed by atoms with Crippen LogP contribution in [0.2, 0.25) is 0 Å². The van der Waals surface area contributed by atoms with Crippen LogP contribution in [0.3, 0.4) is 0 Å². The topological polar surface area (TPSA) is 83.5 Å². The predicted molar refractivity (Wildman–Crippen MR) is 144 cm³/mol. The molecule has 1 atom stereocenters. The molecule has 0 spiro atoms. The van der Waals surface area contributed by atoms with Crippen LogP contribution >= 0.6 is 22.6 Å². The molecular formula is C26H38INO4S. The highest BCUT2D eigenvalue weighted by atomic mass is 127. The monoisotopic (exact) mass is 587 g/mol. The number of aliphatic hydroxyl groups is 1. The number of carbonyl (C=O) groups is 1. The van der Waals surface area contributed by atoms with Crippen LogP contribution in [0.15, 0.2) is 65.6 Å². The first-order valence-electron chi connectivity index (χ1n) is 11.8. The summed E-state index contributed by atoms with van der Waals surface area (Å²) in [5, 5.41) is 9.97. The van der Waals surface area contributed by atoms with E-state index in [1.54, 1.807) is 12.1 Å². The van der Waals surface area contributed by atoms with Gasteiger partial charge >= 0.3 is 0 Å². The zero-order valence-corrected chi connectivity index (χ0v) is 22.6. The second kappa shape index (κ2) is 18.0. The van der Waals surface area contributed by atoms with Crippen molar-refractivity contribution >= 4 is 38.5 Å². The fourth-order valence-electron chi connectivity index (χ4n) is 3.05. The van der Waals surface area contributed by atoms with Gasteiger partial charge in [0, 0.05) is 9.99 Å². The largest absolute Gasteiger partial charge is 0.393 e. The number of halogens is 1. The smallest absolute Gasteiger partial charge is 0.264 e. The zero-order valence-electron chi connectivity index (χ0n) is 19.6. The molecule has 0 aromatic heterocycles. The van der Waals surface area contributed by atoms with Crippen LogP contribution in [0.25, 0.3) is 0 Å². The average Bonchev–Trinajstić information content (AvgIpc) is 2.77. The van der Waals surface area contributed by atoms with Crippen LogP contribution in [0.1, 0.15) is 77.6 Å². The van der Waals surface area contributed by atoms with Gasteiger partial charge in [0.2, 0.25) is 5.91 Å². The van der Waals surface area contributed by atoms with E-state index in [9.17, 15) is 18.3 Å². The van der Waals surface area contributed by atoms with Crippen LogP contribution < -0.4 is 4.72 Å². The summed E-state index contributed by atoms with van der Waals surface area (Å²) in [6.45, 7) is 2.20. The Morgan fingerprint density at radius 3 is 2.30 bits per heavy atom. The summed E-state index contributed by atoms with van der Waals surface area (Å²) in [4.78, 5) is 12.0. The van der Waals surface area contributed by atoms with Gasteiger partial charge in [0.05, 0.1) is 11.0 Å². The molecule has 0 fully saturated rings. The quantitative estimate of drug-likeness (QED) is 0.125. The van der Waals surface area contributed by atoms with Gasteiger partial charge in [0.15, 0.2) is 0 Å². The Bertz CT molecular complexity index is 861. The first kappa shape index (κ1) is 29.6. The van der Waals surface area contributed by atoms with E-state index in [1.807, 2.05) is 12.2 Å². The SMILES string of the molecule is CCCCC/C=C\C[C@@H](O)CC/C=C\C/C=C\CCCC(=O)NS(=O)(=O)c1ccc(I)cc1. The molecule has 0 aliphatic rings. The van der Waals surface area contributed by atoms with E-state index in [4.69, 9.17) is 0 Å². The van der Waals surface area contributed by atoms with Gasteiger partial charge in [-0.2, -0.15) is 0 Å². The highest BCUT2D eigenvalue weighted by Crippen LogP contribution is 2.12. The number of aliphatic hydroxyl groups excluding tert-OH is 1. The fourth-order valence-corrected chi connectivity index (χ4v) is 4.42. The van der Waals surface area contributed by atoms with Crippen molar-refractivity contribution in [1.29, 1.82) is 0 Å². The lowest BCUT2D eigenvalue weighted by Gasteiger charge is -2.06. The van der Waals surface area contributed by atoms with Crippen molar-refractivity contribution < 1.29 is 18.3 Å². The summed E-state index contributed by atoms with van der Waals surface area (Å²) in [5.41, 5.74) is 0. The number of hydrogen-bond donors (Lipinski definition) is 2. The maximum absolute atomic E-state index is 12.2. The molecule has 7 heteroatoms. The van der Waals surface area contributed by atoms with E-state index in [0.717, 1.165) is 35.7 Å². The summed E-state index contributed by atoms with van der Waals surface area (Å²) in [6, 6.07) is 6.35. The maximum Gasteiger partial charge on any atom is 0.264 e. The van der Waals surface area contributed by atoms with Gasteiger partial charge in [0.25, 0.3) is 10.0 Å². The number of unbranched alkanes of at least 4 members (excludes halogenated alkanes) is 4. The van der Waals surface area contributed by atoms with Gasteiger partial charge in [-0.05, 0) is 98.2 Å². The second-order valence-electron chi connectivity index (χ2n) is 7.99. The average molecular weight is 588 g/mol. The summed E-state index contributed by atoms with van der Waals surface area (Å²) in [6.07, 6.45) is 21.6. The molecule has 1 aromatic rings. The lowest BCUT2D eigenvalue weighted by atomic mass is 10.1. The van der Waals surface area contributed by atoms with Gasteiger partial charge < -0.3 is 5.11 Å². The first-order chi connectivity index (χ1) is 15.8. The number of benzene rings is 1. The first-order valence-corrected chi connectivity index (χ1v) is 14.4. The zero-order chi connectivity index (χ0) is 24.4. The van der Waals surface area contributed by atoms with Crippen molar-refractivity contribution in [2.24, 2.45) is 0 Å². The molecule has 5 nitrogen and oxygen atoms in total. The van der Waals surface area contributed by atoms with E-state index in [2.05, 4.69) is 58.5 Å². The van der Waals surface area contributed by atoms with Crippen molar-refractivity contribution in [3.05, 3.63) is 64.3 Å².